The Hall–Kier alpha value is -2.78. The second-order valence-corrected chi connectivity index (χ2v) is 11.0. The zero-order chi connectivity index (χ0) is 22.9. The number of hydrogen-bond acceptors (Lipinski definition) is 7. The molecule has 9 heteroatoms. The third-order valence-electron chi connectivity index (χ3n) is 5.39. The van der Waals surface area contributed by atoms with Crippen molar-refractivity contribution in [3.63, 3.8) is 0 Å². The Bertz CT molecular complexity index is 1270. The molecule has 2 atom stereocenters. The summed E-state index contributed by atoms with van der Waals surface area (Å²) in [7, 11) is -2.31. The van der Waals surface area contributed by atoms with E-state index >= 15 is 0 Å². The Morgan fingerprint density at radius 1 is 1.19 bits per heavy atom. The van der Waals surface area contributed by atoms with Crippen LogP contribution >= 0.6 is 0 Å². The summed E-state index contributed by atoms with van der Waals surface area (Å²) in [6, 6.07) is 7.86. The Morgan fingerprint density at radius 2 is 1.97 bits per heavy atom. The van der Waals surface area contributed by atoms with E-state index in [1.165, 1.54) is 18.5 Å². The third kappa shape index (κ3) is 5.16. The quantitative estimate of drug-likeness (QED) is 0.567. The molecule has 1 aliphatic rings. The summed E-state index contributed by atoms with van der Waals surface area (Å²) in [5, 5.41) is 14.3. The number of aromatic nitrogens is 2. The average Bonchev–Trinajstić information content (AvgIpc) is 2.70. The van der Waals surface area contributed by atoms with E-state index in [1.54, 1.807) is 24.6 Å². The maximum Gasteiger partial charge on any atom is 0.146 e. The summed E-state index contributed by atoms with van der Waals surface area (Å²) >= 11 is 0. The summed E-state index contributed by atoms with van der Waals surface area (Å²) in [5.41, 5.74) is 2.65. The second kappa shape index (κ2) is 8.99. The minimum absolute atomic E-state index is 0.323. The van der Waals surface area contributed by atoms with Crippen LogP contribution in [0.5, 0.6) is 5.75 Å². The van der Waals surface area contributed by atoms with Crippen molar-refractivity contribution in [2.75, 3.05) is 17.8 Å². The fourth-order valence-electron chi connectivity index (χ4n) is 3.98. The number of benzene rings is 2. The molecule has 2 N–H and O–H groups in total. The SMILES string of the molecule is Cc1cc(N=S(C)(C)=O)cc2ncnc(Nc3ccc(F)cc3O[C@@H]3CCCC[C@@H]3O)c12. The topological polar surface area (TPSA) is 96.7 Å². The van der Waals surface area contributed by atoms with Crippen LogP contribution in [0.15, 0.2) is 41.0 Å². The molecular formula is C23H27FN4O3S. The molecule has 0 unspecified atom stereocenters. The van der Waals surface area contributed by atoms with Crippen LogP contribution in [0, 0.1) is 12.7 Å². The summed E-state index contributed by atoms with van der Waals surface area (Å²) in [5.74, 6) is 0.436. The molecule has 1 aromatic heterocycles. The number of aliphatic hydroxyl groups is 1. The van der Waals surface area contributed by atoms with Crippen LogP contribution in [0.3, 0.4) is 0 Å². The van der Waals surface area contributed by atoms with Crippen LogP contribution in [0.1, 0.15) is 31.2 Å². The molecule has 0 amide bonds. The first kappa shape index (κ1) is 22.4. The molecule has 1 saturated carbocycles. The first-order valence-corrected chi connectivity index (χ1v) is 12.9. The van der Waals surface area contributed by atoms with E-state index < -0.39 is 21.7 Å². The molecule has 1 aliphatic carbocycles. The molecule has 32 heavy (non-hydrogen) atoms. The van der Waals surface area contributed by atoms with Crippen molar-refractivity contribution < 1.29 is 18.4 Å². The highest BCUT2D eigenvalue weighted by Gasteiger charge is 2.26. The van der Waals surface area contributed by atoms with Crippen LogP contribution in [0.4, 0.5) is 21.6 Å². The van der Waals surface area contributed by atoms with Crippen LogP contribution < -0.4 is 10.1 Å². The van der Waals surface area contributed by atoms with Gasteiger partial charge in [0.05, 0.1) is 23.0 Å². The largest absolute Gasteiger partial charge is 0.485 e. The number of nitrogens with zero attached hydrogens (tertiary/aromatic N) is 3. The molecule has 0 bridgehead atoms. The van der Waals surface area contributed by atoms with E-state index in [0.717, 1.165) is 30.2 Å². The smallest absolute Gasteiger partial charge is 0.146 e. The summed E-state index contributed by atoms with van der Waals surface area (Å²) in [4.78, 5) is 8.73. The zero-order valence-electron chi connectivity index (χ0n) is 18.3. The molecule has 2 aromatic carbocycles. The number of ether oxygens (including phenoxy) is 1. The lowest BCUT2D eigenvalue weighted by Gasteiger charge is -2.29. The molecular weight excluding hydrogens is 431 g/mol. The van der Waals surface area contributed by atoms with Crippen molar-refractivity contribution in [3.8, 4) is 5.75 Å². The number of halogens is 1. The Morgan fingerprint density at radius 3 is 2.72 bits per heavy atom. The fourth-order valence-corrected chi connectivity index (χ4v) is 4.59. The molecule has 0 saturated heterocycles. The lowest BCUT2D eigenvalue weighted by Crippen LogP contribution is -2.34. The van der Waals surface area contributed by atoms with E-state index in [1.807, 2.05) is 13.0 Å². The molecule has 1 heterocycles. The number of nitrogens with one attached hydrogen (secondary N) is 1. The van der Waals surface area contributed by atoms with Crippen molar-refractivity contribution in [1.82, 2.24) is 9.97 Å². The summed E-state index contributed by atoms with van der Waals surface area (Å²) in [6.07, 6.45) is 6.96. The molecule has 0 radical (unpaired) electrons. The van der Waals surface area contributed by atoms with Crippen LogP contribution in [0.25, 0.3) is 10.9 Å². The lowest BCUT2D eigenvalue weighted by molar-refractivity contribution is 0.00712. The normalized spacial score (nSPS) is 19.0. The first-order chi connectivity index (χ1) is 15.2. The van der Waals surface area contributed by atoms with Crippen molar-refractivity contribution >= 4 is 37.8 Å². The predicted octanol–water partition coefficient (Wildman–Crippen LogP) is 4.86. The molecule has 0 aliphatic heterocycles. The highest BCUT2D eigenvalue weighted by atomic mass is 32.2. The van der Waals surface area contributed by atoms with E-state index in [0.29, 0.717) is 34.9 Å². The van der Waals surface area contributed by atoms with Gasteiger partial charge in [-0.25, -0.2) is 18.6 Å². The maximum atomic E-state index is 14.0. The second-order valence-electron chi connectivity index (χ2n) is 8.43. The summed E-state index contributed by atoms with van der Waals surface area (Å²) < 4.78 is 36.4. The number of fused-ring (bicyclic) bond motifs is 1. The van der Waals surface area contributed by atoms with Crippen LogP contribution in [-0.2, 0) is 9.73 Å². The number of anilines is 2. The van der Waals surface area contributed by atoms with E-state index in [4.69, 9.17) is 4.74 Å². The molecule has 170 valence electrons. The Labute approximate surface area is 187 Å². The van der Waals surface area contributed by atoms with Gasteiger partial charge in [-0.2, -0.15) is 4.36 Å². The molecule has 4 rings (SSSR count). The van der Waals surface area contributed by atoms with Crippen LogP contribution in [0.2, 0.25) is 0 Å². The molecule has 1 fully saturated rings. The number of aryl methyl sites for hydroxylation is 1. The molecule has 0 spiro atoms. The number of rotatable bonds is 5. The monoisotopic (exact) mass is 458 g/mol. The van der Waals surface area contributed by atoms with Gasteiger partial charge in [0.15, 0.2) is 0 Å². The molecule has 7 nitrogen and oxygen atoms in total. The maximum absolute atomic E-state index is 14.0. The van der Waals surface area contributed by atoms with E-state index in [9.17, 15) is 13.7 Å². The van der Waals surface area contributed by atoms with Gasteiger partial charge in [0.2, 0.25) is 0 Å². The van der Waals surface area contributed by atoms with Gasteiger partial charge in [0.1, 0.15) is 29.8 Å². The van der Waals surface area contributed by atoms with Crippen molar-refractivity contribution in [2.45, 2.75) is 44.8 Å². The minimum atomic E-state index is -2.31. The zero-order valence-corrected chi connectivity index (χ0v) is 19.2. The predicted molar refractivity (Wildman–Crippen MR) is 125 cm³/mol. The van der Waals surface area contributed by atoms with Crippen molar-refractivity contribution in [1.29, 1.82) is 0 Å². The minimum Gasteiger partial charge on any atom is -0.485 e. The number of aliphatic hydroxyl groups excluding tert-OH is 1. The van der Waals surface area contributed by atoms with Gasteiger partial charge in [0.25, 0.3) is 0 Å². The fraction of sp³-hybridized carbons (Fsp3) is 0.391. The summed E-state index contributed by atoms with van der Waals surface area (Å²) in [6.45, 7) is 1.91. The van der Waals surface area contributed by atoms with Gasteiger partial charge < -0.3 is 15.2 Å². The standard InChI is InChI=1S/C23H27FN4O3S/c1-14-10-16(28-32(2,3)30)12-18-22(14)23(26-13-25-18)27-17-9-8-15(24)11-21(17)31-20-7-5-4-6-19(20)29/h8-13,19-20,29H,4-7H2,1-3H3,(H,25,26,27)/t19-,20+/m0/s1. The highest BCUT2D eigenvalue weighted by molar-refractivity contribution is 7.92. The van der Waals surface area contributed by atoms with Gasteiger partial charge in [0, 0.05) is 33.7 Å². The average molecular weight is 459 g/mol. The van der Waals surface area contributed by atoms with Gasteiger partial charge in [-0.15, -0.1) is 0 Å². The van der Waals surface area contributed by atoms with Gasteiger partial charge in [-0.3, -0.25) is 0 Å². The van der Waals surface area contributed by atoms with Gasteiger partial charge in [-0.1, -0.05) is 6.42 Å². The number of hydrogen-bond donors (Lipinski definition) is 2. The molecule has 3 aromatic rings. The van der Waals surface area contributed by atoms with Crippen LogP contribution in [-0.4, -0.2) is 44.0 Å². The highest BCUT2D eigenvalue weighted by Crippen LogP contribution is 2.35. The van der Waals surface area contributed by atoms with Crippen molar-refractivity contribution in [2.24, 2.45) is 4.36 Å². The van der Waals surface area contributed by atoms with Gasteiger partial charge in [-0.05, 0) is 56.0 Å². The lowest BCUT2D eigenvalue weighted by atomic mass is 9.95. The third-order valence-corrected chi connectivity index (χ3v) is 6.04. The Balaban J connectivity index is 1.71. The van der Waals surface area contributed by atoms with E-state index in [2.05, 4.69) is 19.6 Å². The van der Waals surface area contributed by atoms with Crippen molar-refractivity contribution in [3.05, 3.63) is 48.0 Å². The first-order valence-electron chi connectivity index (χ1n) is 10.5. The Kier molecular flexibility index (Phi) is 6.30. The van der Waals surface area contributed by atoms with E-state index in [-0.39, 0.29) is 6.10 Å². The van der Waals surface area contributed by atoms with Gasteiger partial charge >= 0.3 is 0 Å².